The Hall–Kier alpha value is -1.87. The SMILES string of the molecule is Cc1cc(CS(=O)(=O)NCc2cnn(C)c2N)no1. The van der Waals surface area contributed by atoms with Gasteiger partial charge in [-0.3, -0.25) is 4.68 Å². The minimum atomic E-state index is -3.49. The maximum atomic E-state index is 11.8. The van der Waals surface area contributed by atoms with Crippen LogP contribution in [-0.4, -0.2) is 23.4 Å². The van der Waals surface area contributed by atoms with Gasteiger partial charge in [0.05, 0.1) is 6.20 Å². The lowest BCUT2D eigenvalue weighted by molar-refractivity contribution is 0.392. The molecule has 0 spiro atoms. The number of rotatable bonds is 5. The standard InChI is InChI=1S/C10H15N5O3S/c1-7-3-9(14-18-7)6-19(16,17)13-5-8-4-12-15(2)10(8)11/h3-4,13H,5-6,11H2,1-2H3. The van der Waals surface area contributed by atoms with Gasteiger partial charge in [0.1, 0.15) is 23.0 Å². The summed E-state index contributed by atoms with van der Waals surface area (Å²) in [5.74, 6) is 0.770. The number of nitrogens with two attached hydrogens (primary N) is 1. The predicted octanol–water partition coefficient (Wildman–Crippen LogP) is -0.0817. The van der Waals surface area contributed by atoms with E-state index < -0.39 is 10.0 Å². The van der Waals surface area contributed by atoms with Crippen molar-refractivity contribution in [2.24, 2.45) is 7.05 Å². The molecule has 0 aliphatic heterocycles. The molecule has 0 amide bonds. The first-order chi connectivity index (χ1) is 8.87. The van der Waals surface area contributed by atoms with Crippen LogP contribution in [0.5, 0.6) is 0 Å². The fourth-order valence-electron chi connectivity index (χ4n) is 1.55. The van der Waals surface area contributed by atoms with E-state index >= 15 is 0 Å². The molecular weight excluding hydrogens is 270 g/mol. The summed E-state index contributed by atoms with van der Waals surface area (Å²) in [4.78, 5) is 0. The molecule has 0 aliphatic rings. The molecule has 0 unspecified atom stereocenters. The van der Waals surface area contributed by atoms with Gasteiger partial charge in [0, 0.05) is 25.2 Å². The average molecular weight is 285 g/mol. The van der Waals surface area contributed by atoms with E-state index in [9.17, 15) is 8.42 Å². The van der Waals surface area contributed by atoms with E-state index in [-0.39, 0.29) is 12.3 Å². The molecule has 0 aromatic carbocycles. The molecule has 8 nitrogen and oxygen atoms in total. The van der Waals surface area contributed by atoms with Crippen molar-refractivity contribution in [3.63, 3.8) is 0 Å². The third-order valence-corrected chi connectivity index (χ3v) is 3.82. The van der Waals surface area contributed by atoms with E-state index in [1.807, 2.05) is 0 Å². The van der Waals surface area contributed by atoms with E-state index in [2.05, 4.69) is 15.0 Å². The van der Waals surface area contributed by atoms with Crippen molar-refractivity contribution in [3.05, 3.63) is 29.3 Å². The molecule has 104 valence electrons. The molecule has 2 heterocycles. The van der Waals surface area contributed by atoms with E-state index in [0.29, 0.717) is 22.8 Å². The first-order valence-corrected chi connectivity index (χ1v) is 7.18. The molecule has 0 atom stereocenters. The van der Waals surface area contributed by atoms with E-state index in [1.54, 1.807) is 20.0 Å². The Bertz CT molecular complexity index is 673. The lowest BCUT2D eigenvalue weighted by Crippen LogP contribution is -2.25. The number of anilines is 1. The zero-order chi connectivity index (χ0) is 14.0. The zero-order valence-corrected chi connectivity index (χ0v) is 11.4. The summed E-state index contributed by atoms with van der Waals surface area (Å²) in [5, 5.41) is 7.58. The van der Waals surface area contributed by atoms with E-state index in [1.165, 1.54) is 10.9 Å². The van der Waals surface area contributed by atoms with Crippen molar-refractivity contribution in [3.8, 4) is 0 Å². The van der Waals surface area contributed by atoms with Gasteiger partial charge in [-0.1, -0.05) is 5.16 Å². The number of nitrogens with one attached hydrogen (secondary N) is 1. The molecule has 0 aliphatic carbocycles. The highest BCUT2D eigenvalue weighted by atomic mass is 32.2. The first-order valence-electron chi connectivity index (χ1n) is 5.53. The Balaban J connectivity index is 2.00. The van der Waals surface area contributed by atoms with Crippen molar-refractivity contribution in [2.45, 2.75) is 19.2 Å². The van der Waals surface area contributed by atoms with Gasteiger partial charge in [0.2, 0.25) is 10.0 Å². The van der Waals surface area contributed by atoms with Gasteiger partial charge >= 0.3 is 0 Å². The lowest BCUT2D eigenvalue weighted by atomic mass is 10.3. The van der Waals surface area contributed by atoms with Crippen LogP contribution in [0.2, 0.25) is 0 Å². The van der Waals surface area contributed by atoms with Gasteiger partial charge in [-0.2, -0.15) is 5.10 Å². The highest BCUT2D eigenvalue weighted by molar-refractivity contribution is 7.88. The number of nitrogen functional groups attached to an aromatic ring is 1. The minimum Gasteiger partial charge on any atom is -0.384 e. The monoisotopic (exact) mass is 285 g/mol. The van der Waals surface area contributed by atoms with Gasteiger partial charge in [-0.05, 0) is 6.92 Å². The minimum absolute atomic E-state index is 0.0961. The fourth-order valence-corrected chi connectivity index (χ4v) is 2.55. The van der Waals surface area contributed by atoms with Crippen molar-refractivity contribution in [2.75, 3.05) is 5.73 Å². The van der Waals surface area contributed by atoms with Gasteiger partial charge in [0.25, 0.3) is 0 Å². The number of aromatic nitrogens is 3. The van der Waals surface area contributed by atoms with Crippen LogP contribution in [0, 0.1) is 6.92 Å². The summed E-state index contributed by atoms with van der Waals surface area (Å²) in [6, 6.07) is 1.58. The highest BCUT2D eigenvalue weighted by Crippen LogP contribution is 2.10. The normalized spacial score (nSPS) is 11.9. The molecule has 0 bridgehead atoms. The predicted molar refractivity (Wildman–Crippen MR) is 68.3 cm³/mol. The second-order valence-corrected chi connectivity index (χ2v) is 5.99. The molecule has 2 aromatic rings. The Morgan fingerprint density at radius 1 is 1.53 bits per heavy atom. The van der Waals surface area contributed by atoms with Crippen LogP contribution in [0.3, 0.4) is 0 Å². The number of hydrogen-bond donors (Lipinski definition) is 2. The van der Waals surface area contributed by atoms with E-state index in [0.717, 1.165) is 0 Å². The molecular formula is C10H15N5O3S. The van der Waals surface area contributed by atoms with Gasteiger partial charge < -0.3 is 10.3 Å². The van der Waals surface area contributed by atoms with Gasteiger partial charge in [-0.15, -0.1) is 0 Å². The first kappa shape index (κ1) is 13.6. The highest BCUT2D eigenvalue weighted by Gasteiger charge is 2.15. The maximum Gasteiger partial charge on any atom is 0.217 e. The summed E-state index contributed by atoms with van der Waals surface area (Å²) >= 11 is 0. The topological polar surface area (TPSA) is 116 Å². The third kappa shape index (κ3) is 3.32. The van der Waals surface area contributed by atoms with Gasteiger partial charge in [-0.25, -0.2) is 13.1 Å². The maximum absolute atomic E-state index is 11.8. The van der Waals surface area contributed by atoms with Crippen LogP contribution in [0.25, 0.3) is 0 Å². The smallest absolute Gasteiger partial charge is 0.217 e. The summed E-state index contributed by atoms with van der Waals surface area (Å²) < 4.78 is 32.4. The van der Waals surface area contributed by atoms with Crippen LogP contribution in [0.4, 0.5) is 5.82 Å². The second-order valence-electron chi connectivity index (χ2n) is 4.19. The molecule has 9 heteroatoms. The summed E-state index contributed by atoms with van der Waals surface area (Å²) in [6.07, 6.45) is 1.53. The molecule has 3 N–H and O–H groups in total. The Labute approximate surface area is 110 Å². The zero-order valence-electron chi connectivity index (χ0n) is 10.6. The second kappa shape index (κ2) is 5.02. The quantitative estimate of drug-likeness (QED) is 0.793. The number of aryl methyl sites for hydroxylation is 2. The Kier molecular flexibility index (Phi) is 3.58. The molecule has 0 fully saturated rings. The fraction of sp³-hybridized carbons (Fsp3) is 0.400. The van der Waals surface area contributed by atoms with Gasteiger partial charge in [0.15, 0.2) is 0 Å². The van der Waals surface area contributed by atoms with Crippen molar-refractivity contribution >= 4 is 15.8 Å². The molecule has 2 aromatic heterocycles. The number of nitrogens with zero attached hydrogens (tertiary/aromatic N) is 3. The molecule has 0 saturated carbocycles. The van der Waals surface area contributed by atoms with Crippen molar-refractivity contribution in [1.82, 2.24) is 19.7 Å². The molecule has 2 rings (SSSR count). The lowest BCUT2D eigenvalue weighted by Gasteiger charge is -2.04. The largest absolute Gasteiger partial charge is 0.384 e. The third-order valence-electron chi connectivity index (χ3n) is 2.56. The Morgan fingerprint density at radius 2 is 2.26 bits per heavy atom. The van der Waals surface area contributed by atoms with Crippen LogP contribution in [0.15, 0.2) is 16.8 Å². The van der Waals surface area contributed by atoms with Crippen LogP contribution in [0.1, 0.15) is 17.0 Å². The summed E-state index contributed by atoms with van der Waals surface area (Å²) in [6.45, 7) is 1.80. The van der Waals surface area contributed by atoms with E-state index in [4.69, 9.17) is 10.3 Å². The Morgan fingerprint density at radius 3 is 2.79 bits per heavy atom. The van der Waals surface area contributed by atoms with Crippen LogP contribution in [-0.2, 0) is 29.4 Å². The molecule has 0 saturated heterocycles. The average Bonchev–Trinajstić information content (AvgIpc) is 2.85. The van der Waals surface area contributed by atoms with Crippen molar-refractivity contribution < 1.29 is 12.9 Å². The van der Waals surface area contributed by atoms with Crippen LogP contribution < -0.4 is 10.5 Å². The van der Waals surface area contributed by atoms with Crippen molar-refractivity contribution in [1.29, 1.82) is 0 Å². The molecule has 0 radical (unpaired) electrons. The summed E-state index contributed by atoms with van der Waals surface area (Å²) in [5.41, 5.74) is 6.72. The summed E-state index contributed by atoms with van der Waals surface area (Å²) in [7, 11) is -1.81. The van der Waals surface area contributed by atoms with Crippen LogP contribution >= 0.6 is 0 Å². The number of sulfonamides is 1. The molecule has 19 heavy (non-hydrogen) atoms. The number of hydrogen-bond acceptors (Lipinski definition) is 6.